The standard InChI is InChI=1S/C22H15F2NO3S/c23-18-8-7-17-20(19(18)24)25-21(27)22(17,14-3-5-16(26)6-4-14)15-2-1-12-10-29(28)11-13(12)9-15/h1-9,26H,10-11H2,(H,25,27). The van der Waals surface area contributed by atoms with E-state index in [4.69, 9.17) is 0 Å². The summed E-state index contributed by atoms with van der Waals surface area (Å²) in [5, 5.41) is 12.2. The molecule has 2 heterocycles. The van der Waals surface area contributed by atoms with Crippen LogP contribution >= 0.6 is 0 Å². The molecule has 0 fully saturated rings. The first-order chi connectivity index (χ1) is 13.9. The van der Waals surface area contributed by atoms with E-state index in [1.54, 1.807) is 18.2 Å². The van der Waals surface area contributed by atoms with Crippen molar-refractivity contribution < 1.29 is 22.9 Å². The predicted molar refractivity (Wildman–Crippen MR) is 105 cm³/mol. The van der Waals surface area contributed by atoms with Crippen LogP contribution in [0.1, 0.15) is 27.8 Å². The number of fused-ring (bicyclic) bond motifs is 2. The summed E-state index contributed by atoms with van der Waals surface area (Å²) in [5.74, 6) is -1.79. The lowest BCUT2D eigenvalue weighted by Crippen LogP contribution is -2.37. The maximum atomic E-state index is 14.5. The average molecular weight is 411 g/mol. The zero-order chi connectivity index (χ0) is 20.3. The van der Waals surface area contributed by atoms with E-state index < -0.39 is 33.8 Å². The third-order valence-corrected chi connectivity index (χ3v) is 6.92. The lowest BCUT2D eigenvalue weighted by molar-refractivity contribution is -0.118. The van der Waals surface area contributed by atoms with Crippen molar-refractivity contribution in [1.29, 1.82) is 0 Å². The molecule has 29 heavy (non-hydrogen) atoms. The Morgan fingerprint density at radius 3 is 2.38 bits per heavy atom. The van der Waals surface area contributed by atoms with E-state index in [0.29, 0.717) is 28.2 Å². The van der Waals surface area contributed by atoms with Crippen molar-refractivity contribution in [2.24, 2.45) is 0 Å². The Labute approximate surface area is 167 Å². The number of rotatable bonds is 2. The van der Waals surface area contributed by atoms with Crippen LogP contribution in [0.5, 0.6) is 5.75 Å². The number of anilines is 1. The van der Waals surface area contributed by atoms with E-state index in [1.807, 2.05) is 12.1 Å². The number of carbonyl (C=O) groups is 1. The van der Waals surface area contributed by atoms with Gasteiger partial charge < -0.3 is 10.4 Å². The number of phenolic OH excluding ortho intramolecular Hbond substituents is 1. The van der Waals surface area contributed by atoms with E-state index in [9.17, 15) is 22.9 Å². The molecule has 1 amide bonds. The Balaban J connectivity index is 1.83. The van der Waals surface area contributed by atoms with Crippen molar-refractivity contribution >= 4 is 22.4 Å². The number of nitrogens with one attached hydrogen (secondary N) is 1. The molecule has 0 saturated carbocycles. The highest BCUT2D eigenvalue weighted by molar-refractivity contribution is 7.83. The lowest BCUT2D eigenvalue weighted by atomic mass is 9.69. The molecule has 0 aliphatic carbocycles. The van der Waals surface area contributed by atoms with Crippen LogP contribution in [-0.4, -0.2) is 15.2 Å². The van der Waals surface area contributed by atoms with Crippen molar-refractivity contribution in [2.45, 2.75) is 16.9 Å². The maximum Gasteiger partial charge on any atom is 0.244 e. The Kier molecular flexibility index (Phi) is 3.86. The van der Waals surface area contributed by atoms with Gasteiger partial charge in [0.1, 0.15) is 11.2 Å². The highest BCUT2D eigenvalue weighted by Crippen LogP contribution is 2.49. The van der Waals surface area contributed by atoms with E-state index in [1.165, 1.54) is 18.2 Å². The van der Waals surface area contributed by atoms with Crippen LogP contribution in [0.2, 0.25) is 0 Å². The van der Waals surface area contributed by atoms with Gasteiger partial charge in [0.2, 0.25) is 5.91 Å². The number of hydrogen-bond acceptors (Lipinski definition) is 3. The number of benzene rings is 3. The van der Waals surface area contributed by atoms with Crippen molar-refractivity contribution in [3.63, 3.8) is 0 Å². The second-order valence-corrected chi connectivity index (χ2v) is 8.70. The molecule has 5 rings (SSSR count). The number of halogens is 2. The summed E-state index contributed by atoms with van der Waals surface area (Å²) in [5.41, 5.74) is 1.61. The fourth-order valence-corrected chi connectivity index (χ4v) is 5.64. The Hall–Kier alpha value is -3.06. The average Bonchev–Trinajstić information content (AvgIpc) is 3.22. The number of aromatic hydroxyl groups is 1. The van der Waals surface area contributed by atoms with Gasteiger partial charge in [0.25, 0.3) is 0 Å². The molecular weight excluding hydrogens is 396 g/mol. The van der Waals surface area contributed by atoms with Gasteiger partial charge in [0.05, 0.1) is 5.69 Å². The smallest absolute Gasteiger partial charge is 0.244 e. The van der Waals surface area contributed by atoms with Crippen LogP contribution in [0, 0.1) is 11.6 Å². The van der Waals surface area contributed by atoms with Gasteiger partial charge in [-0.2, -0.15) is 0 Å². The fourth-order valence-electron chi connectivity index (χ4n) is 4.30. The van der Waals surface area contributed by atoms with Crippen molar-refractivity contribution in [2.75, 3.05) is 5.32 Å². The molecule has 0 saturated heterocycles. The van der Waals surface area contributed by atoms with Crippen LogP contribution in [0.4, 0.5) is 14.5 Å². The number of amides is 1. The number of phenols is 1. The summed E-state index contributed by atoms with van der Waals surface area (Å²) < 4.78 is 40.3. The minimum atomic E-state index is -1.42. The zero-order valence-corrected chi connectivity index (χ0v) is 15.9. The van der Waals surface area contributed by atoms with Crippen molar-refractivity contribution in [1.82, 2.24) is 0 Å². The quantitative estimate of drug-likeness (QED) is 0.676. The SMILES string of the molecule is O=C1Nc2c(ccc(F)c2F)C1(c1ccc(O)cc1)c1ccc2c(c1)CS(=O)C2. The van der Waals surface area contributed by atoms with Crippen molar-refractivity contribution in [3.05, 3.63) is 94.0 Å². The second-order valence-electron chi connectivity index (χ2n) is 7.25. The topological polar surface area (TPSA) is 66.4 Å². The van der Waals surface area contributed by atoms with Crippen LogP contribution in [0.15, 0.2) is 54.6 Å². The van der Waals surface area contributed by atoms with Gasteiger partial charge >= 0.3 is 0 Å². The van der Waals surface area contributed by atoms with Gasteiger partial charge in [-0.1, -0.05) is 36.4 Å². The number of carbonyl (C=O) groups excluding carboxylic acids is 1. The molecule has 2 aliphatic heterocycles. The molecule has 0 spiro atoms. The Morgan fingerprint density at radius 2 is 1.62 bits per heavy atom. The molecule has 2 aliphatic rings. The maximum absolute atomic E-state index is 14.5. The van der Waals surface area contributed by atoms with Crippen molar-refractivity contribution in [3.8, 4) is 5.75 Å². The van der Waals surface area contributed by atoms with Crippen LogP contribution in [0.3, 0.4) is 0 Å². The van der Waals surface area contributed by atoms with Crippen LogP contribution in [0.25, 0.3) is 0 Å². The minimum absolute atomic E-state index is 0.0252. The molecule has 2 unspecified atom stereocenters. The third kappa shape index (κ3) is 2.47. The summed E-state index contributed by atoms with van der Waals surface area (Å²) in [6, 6.07) is 13.9. The van der Waals surface area contributed by atoms with Crippen LogP contribution < -0.4 is 5.32 Å². The second kappa shape index (κ2) is 6.22. The summed E-state index contributed by atoms with van der Waals surface area (Å²) in [7, 11) is -0.994. The third-order valence-electron chi connectivity index (χ3n) is 5.65. The molecule has 7 heteroatoms. The Morgan fingerprint density at radius 1 is 0.931 bits per heavy atom. The first-order valence-electron chi connectivity index (χ1n) is 8.98. The Bertz CT molecular complexity index is 1210. The molecule has 0 radical (unpaired) electrons. The highest BCUT2D eigenvalue weighted by Gasteiger charge is 2.51. The van der Waals surface area contributed by atoms with E-state index in [2.05, 4.69) is 5.32 Å². The zero-order valence-electron chi connectivity index (χ0n) is 15.0. The van der Waals surface area contributed by atoms with E-state index in [-0.39, 0.29) is 11.4 Å². The molecule has 0 aromatic heterocycles. The van der Waals surface area contributed by atoms with E-state index in [0.717, 1.165) is 17.2 Å². The molecule has 4 nitrogen and oxygen atoms in total. The predicted octanol–water partition coefficient (Wildman–Crippen LogP) is 3.72. The molecule has 2 atom stereocenters. The van der Waals surface area contributed by atoms with Gasteiger partial charge in [-0.3, -0.25) is 9.00 Å². The lowest BCUT2D eigenvalue weighted by Gasteiger charge is -2.29. The first kappa shape index (κ1) is 18.0. The minimum Gasteiger partial charge on any atom is -0.508 e. The summed E-state index contributed by atoms with van der Waals surface area (Å²) in [6.45, 7) is 0. The highest BCUT2D eigenvalue weighted by atomic mass is 32.2. The van der Waals surface area contributed by atoms with Gasteiger partial charge in [-0.25, -0.2) is 8.78 Å². The summed E-state index contributed by atoms with van der Waals surface area (Å²) in [4.78, 5) is 13.3. The first-order valence-corrected chi connectivity index (χ1v) is 10.5. The molecule has 146 valence electrons. The molecule has 2 N–H and O–H groups in total. The van der Waals surface area contributed by atoms with Crippen LogP contribution in [-0.2, 0) is 32.5 Å². The monoisotopic (exact) mass is 411 g/mol. The summed E-state index contributed by atoms with van der Waals surface area (Å²) >= 11 is 0. The van der Waals surface area contributed by atoms with Gasteiger partial charge in [-0.15, -0.1) is 0 Å². The van der Waals surface area contributed by atoms with Gasteiger partial charge in [0.15, 0.2) is 11.6 Å². The molecular formula is C22H15F2NO3S. The summed E-state index contributed by atoms with van der Waals surface area (Å²) in [6.07, 6.45) is 0. The van der Waals surface area contributed by atoms with E-state index >= 15 is 0 Å². The number of hydrogen-bond donors (Lipinski definition) is 2. The molecule has 3 aromatic rings. The van der Waals surface area contributed by atoms with Gasteiger partial charge in [-0.05, 0) is 40.5 Å². The molecule has 0 bridgehead atoms. The normalized spacial score (nSPS) is 22.3. The molecule has 3 aromatic carbocycles. The largest absolute Gasteiger partial charge is 0.508 e. The fraction of sp³-hybridized carbons (Fsp3) is 0.136. The van der Waals surface area contributed by atoms with Gasteiger partial charge in [0, 0.05) is 27.9 Å².